The van der Waals surface area contributed by atoms with Crippen LogP contribution in [0, 0.1) is 5.41 Å². The van der Waals surface area contributed by atoms with E-state index in [1.807, 2.05) is 36.4 Å². The fourth-order valence-corrected chi connectivity index (χ4v) is 5.37. The van der Waals surface area contributed by atoms with Gasteiger partial charge in [-0.2, -0.15) is 0 Å². The molecule has 4 rings (SSSR count). The molecule has 1 N–H and O–H groups in total. The number of hydrogen-bond donors (Lipinski definition) is 1. The summed E-state index contributed by atoms with van der Waals surface area (Å²) in [6.07, 6.45) is 1.44. The monoisotopic (exact) mass is 369 g/mol. The highest BCUT2D eigenvalue weighted by molar-refractivity contribution is 8.00. The quantitative estimate of drug-likeness (QED) is 0.644. The van der Waals surface area contributed by atoms with Gasteiger partial charge in [0.2, 0.25) is 0 Å². The lowest BCUT2D eigenvalue weighted by molar-refractivity contribution is -0.118. The lowest BCUT2D eigenvalue weighted by atomic mass is 9.74. The predicted octanol–water partition coefficient (Wildman–Crippen LogP) is 6.24. The number of carbonyl (C=O) groups excluding carboxylic acids is 1. The van der Waals surface area contributed by atoms with Crippen molar-refractivity contribution in [3.63, 3.8) is 0 Å². The number of fused-ring (bicyclic) bond motifs is 1. The fourth-order valence-electron chi connectivity index (χ4n) is 3.68. The minimum atomic E-state index is -0.0801. The lowest BCUT2D eigenvalue weighted by Gasteiger charge is -2.34. The van der Waals surface area contributed by atoms with E-state index >= 15 is 0 Å². The van der Waals surface area contributed by atoms with E-state index in [4.69, 9.17) is 11.6 Å². The Balaban J connectivity index is 1.92. The third kappa shape index (κ3) is 3.11. The third-order valence-corrected chi connectivity index (χ3v) is 6.47. The Morgan fingerprint density at radius 2 is 1.80 bits per heavy atom. The van der Waals surface area contributed by atoms with Gasteiger partial charge >= 0.3 is 0 Å². The number of anilines is 1. The molecule has 0 aromatic heterocycles. The number of nitrogens with one attached hydrogen (secondary N) is 1. The highest BCUT2D eigenvalue weighted by atomic mass is 35.5. The lowest BCUT2D eigenvalue weighted by Crippen LogP contribution is -2.29. The van der Waals surface area contributed by atoms with Crippen LogP contribution in [0.15, 0.2) is 64.7 Å². The maximum Gasteiger partial charge on any atom is 0.162 e. The summed E-state index contributed by atoms with van der Waals surface area (Å²) in [5.74, 6) is 0.226. The summed E-state index contributed by atoms with van der Waals surface area (Å²) in [6.45, 7) is 4.32. The summed E-state index contributed by atoms with van der Waals surface area (Å²) in [6, 6.07) is 16.1. The number of halogens is 1. The highest BCUT2D eigenvalue weighted by Gasteiger charge is 2.39. The normalized spacial score (nSPS) is 21.9. The summed E-state index contributed by atoms with van der Waals surface area (Å²) in [5.41, 5.74) is 3.98. The van der Waals surface area contributed by atoms with Crippen LogP contribution in [-0.4, -0.2) is 5.78 Å². The van der Waals surface area contributed by atoms with Crippen LogP contribution in [-0.2, 0) is 4.79 Å². The first-order valence-corrected chi connectivity index (χ1v) is 9.74. The topological polar surface area (TPSA) is 29.1 Å². The van der Waals surface area contributed by atoms with Gasteiger partial charge in [-0.05, 0) is 35.6 Å². The molecule has 25 heavy (non-hydrogen) atoms. The summed E-state index contributed by atoms with van der Waals surface area (Å²) >= 11 is 8.21. The number of para-hydroxylation sites is 1. The number of ketones is 1. The molecule has 0 unspecified atom stereocenters. The van der Waals surface area contributed by atoms with E-state index < -0.39 is 0 Å². The first-order valence-electron chi connectivity index (χ1n) is 8.48. The minimum Gasteiger partial charge on any atom is -0.358 e. The van der Waals surface area contributed by atoms with E-state index in [1.165, 1.54) is 0 Å². The molecule has 0 spiro atoms. The van der Waals surface area contributed by atoms with Crippen LogP contribution in [0.1, 0.15) is 37.5 Å². The summed E-state index contributed by atoms with van der Waals surface area (Å²) in [4.78, 5) is 14.2. The van der Waals surface area contributed by atoms with Gasteiger partial charge in [-0.3, -0.25) is 4.79 Å². The van der Waals surface area contributed by atoms with Crippen molar-refractivity contribution in [3.8, 4) is 0 Å². The zero-order valence-electron chi connectivity index (χ0n) is 14.3. The van der Waals surface area contributed by atoms with E-state index in [0.717, 1.165) is 33.8 Å². The number of thioether (sulfide) groups is 1. The van der Waals surface area contributed by atoms with Crippen LogP contribution >= 0.6 is 23.4 Å². The second-order valence-electron chi connectivity index (χ2n) is 7.47. The van der Waals surface area contributed by atoms with Crippen molar-refractivity contribution >= 4 is 34.8 Å². The Morgan fingerprint density at radius 3 is 2.60 bits per heavy atom. The van der Waals surface area contributed by atoms with Crippen LogP contribution in [0.5, 0.6) is 0 Å². The molecule has 4 heteroatoms. The highest BCUT2D eigenvalue weighted by Crippen LogP contribution is 2.52. The van der Waals surface area contributed by atoms with Crippen molar-refractivity contribution in [3.05, 3.63) is 70.4 Å². The first kappa shape index (κ1) is 16.7. The zero-order chi connectivity index (χ0) is 17.6. The number of benzene rings is 2. The number of allylic oxidation sites excluding steroid dienone is 1. The molecule has 1 aliphatic carbocycles. The Kier molecular flexibility index (Phi) is 4.17. The number of Topliss-reactive ketones (excluding diaryl/α,β-unsaturated/α-hetero) is 1. The van der Waals surface area contributed by atoms with Crippen molar-refractivity contribution in [2.45, 2.75) is 36.8 Å². The SMILES string of the molecule is CC1(C)CC(=O)C2=C(C1)Nc1ccccc1S[C@H]2c1ccccc1Cl. The van der Waals surface area contributed by atoms with E-state index in [2.05, 4.69) is 31.3 Å². The van der Waals surface area contributed by atoms with Crippen LogP contribution in [0.2, 0.25) is 5.02 Å². The van der Waals surface area contributed by atoms with Crippen molar-refractivity contribution in [1.29, 1.82) is 0 Å². The van der Waals surface area contributed by atoms with Gasteiger partial charge in [-0.1, -0.05) is 55.8 Å². The molecule has 2 aliphatic rings. The molecule has 0 fully saturated rings. The van der Waals surface area contributed by atoms with Crippen molar-refractivity contribution in [2.24, 2.45) is 5.41 Å². The van der Waals surface area contributed by atoms with Gasteiger partial charge in [0.25, 0.3) is 0 Å². The number of carbonyl (C=O) groups is 1. The summed E-state index contributed by atoms with van der Waals surface area (Å²) in [7, 11) is 0. The third-order valence-electron chi connectivity index (χ3n) is 4.79. The van der Waals surface area contributed by atoms with Gasteiger partial charge in [-0.15, -0.1) is 11.8 Å². The van der Waals surface area contributed by atoms with Crippen LogP contribution < -0.4 is 5.32 Å². The molecule has 1 heterocycles. The van der Waals surface area contributed by atoms with Crippen LogP contribution in [0.3, 0.4) is 0 Å². The van der Waals surface area contributed by atoms with Gasteiger partial charge in [0.15, 0.2) is 5.78 Å². The second-order valence-corrected chi connectivity index (χ2v) is 9.03. The molecular formula is C21H20ClNOS. The fraction of sp³-hybridized carbons (Fsp3) is 0.286. The average Bonchev–Trinajstić information content (AvgIpc) is 2.70. The second kappa shape index (κ2) is 6.22. The molecule has 2 aromatic carbocycles. The van der Waals surface area contributed by atoms with E-state index in [0.29, 0.717) is 11.4 Å². The minimum absolute atomic E-state index is 0.0299. The number of rotatable bonds is 1. The van der Waals surface area contributed by atoms with Gasteiger partial charge in [-0.25, -0.2) is 0 Å². The molecule has 0 radical (unpaired) electrons. The van der Waals surface area contributed by atoms with Crippen molar-refractivity contribution in [2.75, 3.05) is 5.32 Å². The Hall–Kier alpha value is -1.71. The van der Waals surface area contributed by atoms with Gasteiger partial charge in [0, 0.05) is 27.6 Å². The first-order chi connectivity index (χ1) is 11.9. The molecule has 0 saturated heterocycles. The predicted molar refractivity (Wildman–Crippen MR) is 105 cm³/mol. The van der Waals surface area contributed by atoms with Gasteiger partial charge < -0.3 is 5.32 Å². The molecule has 128 valence electrons. The number of hydrogen-bond acceptors (Lipinski definition) is 3. The van der Waals surface area contributed by atoms with Gasteiger partial charge in [0.1, 0.15) is 0 Å². The largest absolute Gasteiger partial charge is 0.358 e. The summed E-state index contributed by atoms with van der Waals surface area (Å²) < 4.78 is 0. The maximum absolute atomic E-state index is 13.1. The van der Waals surface area contributed by atoms with Crippen LogP contribution in [0.4, 0.5) is 5.69 Å². The maximum atomic E-state index is 13.1. The smallest absolute Gasteiger partial charge is 0.162 e. The molecule has 0 bridgehead atoms. The van der Waals surface area contributed by atoms with Crippen LogP contribution in [0.25, 0.3) is 0 Å². The molecular weight excluding hydrogens is 350 g/mol. The van der Waals surface area contributed by atoms with E-state index in [9.17, 15) is 4.79 Å². The molecule has 1 aliphatic heterocycles. The van der Waals surface area contributed by atoms with Crippen molar-refractivity contribution < 1.29 is 4.79 Å². The standard InChI is InChI=1S/C21H20ClNOS/c1-21(2)11-16-19(17(24)12-21)20(13-7-3-4-8-14(13)22)25-18-10-6-5-9-15(18)23-16/h3-10,20,23H,11-12H2,1-2H3/t20-/m0/s1. The van der Waals surface area contributed by atoms with E-state index in [1.54, 1.807) is 11.8 Å². The Labute approximate surface area is 157 Å². The molecule has 2 aromatic rings. The molecule has 0 saturated carbocycles. The Morgan fingerprint density at radius 1 is 1.08 bits per heavy atom. The van der Waals surface area contributed by atoms with Crippen molar-refractivity contribution in [1.82, 2.24) is 0 Å². The Bertz CT molecular complexity index is 887. The zero-order valence-corrected chi connectivity index (χ0v) is 15.9. The van der Waals surface area contributed by atoms with Gasteiger partial charge in [0.05, 0.1) is 10.9 Å². The van der Waals surface area contributed by atoms with E-state index in [-0.39, 0.29) is 16.4 Å². The molecule has 1 atom stereocenters. The average molecular weight is 370 g/mol. The molecule has 0 amide bonds. The molecule has 2 nitrogen and oxygen atoms in total. The summed E-state index contributed by atoms with van der Waals surface area (Å²) in [5, 5.41) is 4.19.